The van der Waals surface area contributed by atoms with Gasteiger partial charge in [0.05, 0.1) is 0 Å². The van der Waals surface area contributed by atoms with E-state index < -0.39 is 0 Å². The minimum atomic E-state index is 0. The zero-order chi connectivity index (χ0) is 18.2. The molecule has 0 saturated carbocycles. The van der Waals surface area contributed by atoms with Crippen LogP contribution in [0.15, 0.2) is 54.6 Å². The minimum absolute atomic E-state index is 0. The number of carbonyl (C=O) groups is 1. The van der Waals surface area contributed by atoms with Crippen LogP contribution in [0.2, 0.25) is 0 Å². The highest BCUT2D eigenvalue weighted by atomic mass is 35.5. The average Bonchev–Trinajstić information content (AvgIpc) is 2.69. The molecule has 6 heteroatoms. The van der Waals surface area contributed by atoms with Crippen molar-refractivity contribution < 1.29 is 9.53 Å². The Hall–Kier alpha value is -2.08. The van der Waals surface area contributed by atoms with E-state index in [1.54, 1.807) is 0 Å². The molecule has 2 N–H and O–H groups in total. The lowest BCUT2D eigenvalue weighted by molar-refractivity contribution is -0.116. The molecule has 1 atom stereocenters. The highest BCUT2D eigenvalue weighted by molar-refractivity contribution is 5.90. The fraction of sp³-hybridized carbons (Fsp3) is 0.381. The van der Waals surface area contributed by atoms with Crippen LogP contribution in [0.1, 0.15) is 19.3 Å². The van der Waals surface area contributed by atoms with Gasteiger partial charge in [0.1, 0.15) is 11.5 Å². The van der Waals surface area contributed by atoms with Crippen LogP contribution in [0, 0.1) is 0 Å². The Morgan fingerprint density at radius 1 is 1.11 bits per heavy atom. The van der Waals surface area contributed by atoms with Crippen LogP contribution >= 0.6 is 12.4 Å². The van der Waals surface area contributed by atoms with Gasteiger partial charge in [-0.1, -0.05) is 18.2 Å². The number of carbonyl (C=O) groups excluding carboxylic acids is 1. The van der Waals surface area contributed by atoms with E-state index in [-0.39, 0.29) is 18.3 Å². The van der Waals surface area contributed by atoms with Crippen molar-refractivity contribution in [1.82, 2.24) is 10.2 Å². The fourth-order valence-corrected chi connectivity index (χ4v) is 3.21. The Balaban J connectivity index is 0.00000261. The summed E-state index contributed by atoms with van der Waals surface area (Å²) >= 11 is 0. The summed E-state index contributed by atoms with van der Waals surface area (Å²) in [5.41, 5.74) is 0.794. The van der Waals surface area contributed by atoms with Crippen LogP contribution in [0.25, 0.3) is 0 Å². The van der Waals surface area contributed by atoms with Crippen molar-refractivity contribution >= 4 is 24.0 Å². The fourth-order valence-electron chi connectivity index (χ4n) is 3.21. The average molecular weight is 390 g/mol. The van der Waals surface area contributed by atoms with Crippen LogP contribution in [-0.2, 0) is 4.79 Å². The van der Waals surface area contributed by atoms with Gasteiger partial charge < -0.3 is 20.3 Å². The molecule has 1 heterocycles. The van der Waals surface area contributed by atoms with Gasteiger partial charge in [0.2, 0.25) is 5.91 Å². The van der Waals surface area contributed by atoms with E-state index >= 15 is 0 Å². The number of para-hydroxylation sites is 1. The molecule has 1 unspecified atom stereocenters. The maximum Gasteiger partial charge on any atom is 0.225 e. The predicted molar refractivity (Wildman–Crippen MR) is 112 cm³/mol. The third-order valence-corrected chi connectivity index (χ3v) is 4.69. The maximum absolute atomic E-state index is 12.2. The molecule has 0 aromatic heterocycles. The molecule has 3 rings (SSSR count). The van der Waals surface area contributed by atoms with E-state index in [0.29, 0.717) is 12.5 Å². The highest BCUT2D eigenvalue weighted by Gasteiger charge is 2.18. The summed E-state index contributed by atoms with van der Waals surface area (Å²) in [4.78, 5) is 14.6. The van der Waals surface area contributed by atoms with Crippen molar-refractivity contribution in [3.05, 3.63) is 54.6 Å². The second-order valence-electron chi connectivity index (χ2n) is 6.67. The maximum atomic E-state index is 12.2. The van der Waals surface area contributed by atoms with Gasteiger partial charge in [0, 0.05) is 31.2 Å². The molecule has 1 amide bonds. The summed E-state index contributed by atoms with van der Waals surface area (Å²) in [7, 11) is 2.01. The first-order valence-electron chi connectivity index (χ1n) is 9.25. The first-order chi connectivity index (χ1) is 12.7. The number of amides is 1. The van der Waals surface area contributed by atoms with Crippen molar-refractivity contribution in [2.45, 2.75) is 25.3 Å². The van der Waals surface area contributed by atoms with Crippen LogP contribution in [0.5, 0.6) is 11.5 Å². The summed E-state index contributed by atoms with van der Waals surface area (Å²) in [6, 6.07) is 17.7. The number of hydrogen-bond acceptors (Lipinski definition) is 4. The zero-order valence-corrected chi connectivity index (χ0v) is 16.5. The third kappa shape index (κ3) is 6.86. The van der Waals surface area contributed by atoms with Gasteiger partial charge in [-0.05, 0) is 62.8 Å². The number of piperidine rings is 1. The molecule has 1 aliphatic heterocycles. The second kappa shape index (κ2) is 10.9. The molecular formula is C21H28ClN3O2. The number of benzene rings is 2. The van der Waals surface area contributed by atoms with Gasteiger partial charge >= 0.3 is 0 Å². The minimum Gasteiger partial charge on any atom is -0.457 e. The van der Waals surface area contributed by atoms with Crippen molar-refractivity contribution in [2.75, 3.05) is 32.0 Å². The molecule has 27 heavy (non-hydrogen) atoms. The second-order valence-corrected chi connectivity index (χ2v) is 6.67. The van der Waals surface area contributed by atoms with E-state index in [1.165, 1.54) is 12.8 Å². The van der Waals surface area contributed by atoms with E-state index in [1.807, 2.05) is 61.6 Å². The Bertz CT molecular complexity index is 694. The van der Waals surface area contributed by atoms with Gasteiger partial charge in [0.25, 0.3) is 0 Å². The molecule has 1 fully saturated rings. The quantitative estimate of drug-likeness (QED) is 0.753. The van der Waals surface area contributed by atoms with Gasteiger partial charge in [-0.25, -0.2) is 0 Å². The van der Waals surface area contributed by atoms with E-state index in [2.05, 4.69) is 15.5 Å². The molecule has 1 saturated heterocycles. The van der Waals surface area contributed by atoms with E-state index in [9.17, 15) is 4.79 Å². The SMILES string of the molecule is CNC1CCCN(CCC(=O)Nc2ccc(Oc3ccccc3)cc2)C1.Cl. The normalized spacial score (nSPS) is 17.0. The number of ether oxygens (including phenoxy) is 1. The summed E-state index contributed by atoms with van der Waals surface area (Å²) in [6.45, 7) is 2.91. The van der Waals surface area contributed by atoms with Crippen LogP contribution in [-0.4, -0.2) is 43.5 Å². The number of nitrogens with one attached hydrogen (secondary N) is 2. The lowest BCUT2D eigenvalue weighted by Gasteiger charge is -2.32. The van der Waals surface area contributed by atoms with Crippen molar-refractivity contribution in [3.63, 3.8) is 0 Å². The summed E-state index contributed by atoms with van der Waals surface area (Å²) in [5.74, 6) is 1.60. The first kappa shape index (κ1) is 21.2. The molecule has 0 spiro atoms. The topological polar surface area (TPSA) is 53.6 Å². The molecule has 146 valence electrons. The lowest BCUT2D eigenvalue weighted by atomic mass is 10.1. The molecule has 5 nitrogen and oxygen atoms in total. The first-order valence-corrected chi connectivity index (χ1v) is 9.25. The molecule has 1 aliphatic rings. The van der Waals surface area contributed by atoms with Crippen LogP contribution in [0.3, 0.4) is 0 Å². The number of halogens is 1. The largest absolute Gasteiger partial charge is 0.457 e. The van der Waals surface area contributed by atoms with Crippen molar-refractivity contribution in [3.8, 4) is 11.5 Å². The third-order valence-electron chi connectivity index (χ3n) is 4.69. The summed E-state index contributed by atoms with van der Waals surface area (Å²) in [6.07, 6.45) is 2.92. The monoisotopic (exact) mass is 389 g/mol. The van der Waals surface area contributed by atoms with Gasteiger partial charge in [0.15, 0.2) is 0 Å². The summed E-state index contributed by atoms with van der Waals surface area (Å²) in [5, 5.41) is 6.29. The molecule has 2 aromatic carbocycles. The van der Waals surface area contributed by atoms with Gasteiger partial charge in [-0.3, -0.25) is 4.79 Å². The Morgan fingerprint density at radius 2 is 1.81 bits per heavy atom. The molecule has 0 bridgehead atoms. The molecule has 0 aliphatic carbocycles. The predicted octanol–water partition coefficient (Wildman–Crippen LogP) is 3.91. The smallest absolute Gasteiger partial charge is 0.225 e. The lowest BCUT2D eigenvalue weighted by Crippen LogP contribution is -2.45. The summed E-state index contributed by atoms with van der Waals surface area (Å²) < 4.78 is 5.76. The Labute approximate surface area is 167 Å². The number of hydrogen-bond donors (Lipinski definition) is 2. The number of likely N-dealkylation sites (N-methyl/N-ethyl adjacent to an activating group) is 1. The number of rotatable bonds is 7. The number of anilines is 1. The van der Waals surface area contributed by atoms with Crippen LogP contribution in [0.4, 0.5) is 5.69 Å². The van der Waals surface area contributed by atoms with Crippen molar-refractivity contribution in [1.29, 1.82) is 0 Å². The molecule has 0 radical (unpaired) electrons. The van der Waals surface area contributed by atoms with Crippen molar-refractivity contribution in [2.24, 2.45) is 0 Å². The van der Waals surface area contributed by atoms with E-state index in [0.717, 1.165) is 36.8 Å². The van der Waals surface area contributed by atoms with Gasteiger partial charge in [-0.2, -0.15) is 0 Å². The molecule has 2 aromatic rings. The Morgan fingerprint density at radius 3 is 2.52 bits per heavy atom. The van der Waals surface area contributed by atoms with E-state index in [4.69, 9.17) is 4.74 Å². The highest BCUT2D eigenvalue weighted by Crippen LogP contribution is 2.22. The van der Waals surface area contributed by atoms with Gasteiger partial charge in [-0.15, -0.1) is 12.4 Å². The van der Waals surface area contributed by atoms with Crippen LogP contribution < -0.4 is 15.4 Å². The zero-order valence-electron chi connectivity index (χ0n) is 15.7. The standard InChI is InChI=1S/C21H27N3O2.ClH/c1-22-18-6-5-14-24(16-18)15-13-21(25)23-17-9-11-20(12-10-17)26-19-7-3-2-4-8-19;/h2-4,7-12,18,22H,5-6,13-16H2,1H3,(H,23,25);1H. The number of nitrogens with zero attached hydrogens (tertiary/aromatic N) is 1. The molecular weight excluding hydrogens is 362 g/mol. The number of likely N-dealkylation sites (tertiary alicyclic amines) is 1. The Kier molecular flexibility index (Phi) is 8.58.